The molecule has 14 heteroatoms. The van der Waals surface area contributed by atoms with Crippen LogP contribution in [0.4, 0.5) is 10.1 Å². The van der Waals surface area contributed by atoms with Crippen LogP contribution in [0.3, 0.4) is 0 Å². The summed E-state index contributed by atoms with van der Waals surface area (Å²) in [5.41, 5.74) is 7.36. The fourth-order valence-corrected chi connectivity index (χ4v) is 4.98. The van der Waals surface area contributed by atoms with Gasteiger partial charge in [-0.1, -0.05) is 30.3 Å². The van der Waals surface area contributed by atoms with Crippen LogP contribution >= 0.6 is 0 Å². The number of rotatable bonds is 7. The van der Waals surface area contributed by atoms with E-state index in [1.165, 1.54) is 16.8 Å². The van der Waals surface area contributed by atoms with Gasteiger partial charge in [-0.3, -0.25) is 18.5 Å². The predicted molar refractivity (Wildman–Crippen MR) is 154 cm³/mol. The molecule has 0 atom stereocenters. The lowest BCUT2D eigenvalue weighted by Crippen LogP contribution is -2.40. The van der Waals surface area contributed by atoms with Crippen molar-refractivity contribution >= 4 is 27.0 Å². The van der Waals surface area contributed by atoms with Crippen LogP contribution in [0.1, 0.15) is 35.6 Å². The lowest BCUT2D eigenvalue weighted by Gasteiger charge is -2.11. The average molecular weight is 596 g/mol. The summed E-state index contributed by atoms with van der Waals surface area (Å²) in [5.74, 6) is 1.08. The number of nitrogens with zero attached hydrogens (tertiary/aromatic N) is 5. The van der Waals surface area contributed by atoms with Gasteiger partial charge in [-0.15, -0.1) is 0 Å². The summed E-state index contributed by atoms with van der Waals surface area (Å²) in [4.78, 5) is 37.7. The molecule has 0 amide bonds. The highest BCUT2D eigenvalue weighted by molar-refractivity contribution is 7.85. The largest absolute Gasteiger partial charge is 0.399 e. The summed E-state index contributed by atoms with van der Waals surface area (Å²) in [6.45, 7) is 2.02. The monoisotopic (exact) mass is 595 g/mol. The first-order valence-electron chi connectivity index (χ1n) is 13.2. The first-order valence-corrected chi connectivity index (χ1v) is 14.6. The Morgan fingerprint density at radius 1 is 1.07 bits per heavy atom. The maximum Gasteiger partial charge on any atom is 0.333 e. The van der Waals surface area contributed by atoms with E-state index in [1.54, 1.807) is 36.7 Å². The Bertz CT molecular complexity index is 1970. The second kappa shape index (κ2) is 11.4. The zero-order valence-corrected chi connectivity index (χ0v) is 23.8. The molecule has 0 radical (unpaired) electrons. The number of nitrogens with one attached hydrogen (secondary N) is 1. The SMILES string of the molecule is Cc1nc(S(=O)(=O)O)cn1C.Nc1ccc(Cc2nc3c([nH]2)c(=O)n(Cc2ccccc2F)c(=O)n3CC2CC2)cc1. The predicted octanol–water partition coefficient (Wildman–Crippen LogP) is 2.63. The molecule has 6 rings (SSSR count). The zero-order valence-electron chi connectivity index (χ0n) is 23.0. The Morgan fingerprint density at radius 2 is 1.76 bits per heavy atom. The van der Waals surface area contributed by atoms with Crippen LogP contribution < -0.4 is 17.0 Å². The van der Waals surface area contributed by atoms with Gasteiger partial charge in [0, 0.05) is 37.5 Å². The molecular formula is C28H30FN7O5S. The molecule has 1 fully saturated rings. The van der Waals surface area contributed by atoms with Crippen molar-refractivity contribution in [2.45, 2.75) is 44.3 Å². The number of fused-ring (bicyclic) bond motifs is 1. The number of halogens is 1. The fourth-order valence-electron chi connectivity index (χ4n) is 4.44. The molecule has 0 aliphatic heterocycles. The Hall–Kier alpha value is -4.56. The molecule has 2 aromatic carbocycles. The molecule has 1 aliphatic rings. The van der Waals surface area contributed by atoms with Crippen LogP contribution in [-0.4, -0.2) is 41.6 Å². The van der Waals surface area contributed by atoms with Crippen molar-refractivity contribution in [3.05, 3.63) is 104 Å². The van der Waals surface area contributed by atoms with Gasteiger partial charge >= 0.3 is 15.8 Å². The third-order valence-electron chi connectivity index (χ3n) is 7.04. The summed E-state index contributed by atoms with van der Waals surface area (Å²) in [7, 11) is -2.49. The van der Waals surface area contributed by atoms with Gasteiger partial charge in [0.2, 0.25) is 5.03 Å². The lowest BCUT2D eigenvalue weighted by molar-refractivity contribution is 0.479. The van der Waals surface area contributed by atoms with Crippen molar-refractivity contribution in [3.63, 3.8) is 0 Å². The minimum atomic E-state index is -4.14. The molecule has 3 heterocycles. The minimum Gasteiger partial charge on any atom is -0.399 e. The van der Waals surface area contributed by atoms with Crippen molar-refractivity contribution in [3.8, 4) is 0 Å². The molecule has 12 nitrogen and oxygen atoms in total. The summed E-state index contributed by atoms with van der Waals surface area (Å²) < 4.78 is 47.8. The van der Waals surface area contributed by atoms with Crippen LogP contribution in [-0.2, 0) is 36.7 Å². The van der Waals surface area contributed by atoms with E-state index in [-0.39, 0.29) is 17.1 Å². The van der Waals surface area contributed by atoms with E-state index >= 15 is 0 Å². The normalized spacial score (nSPS) is 13.2. The number of nitrogens with two attached hydrogens (primary N) is 1. The number of hydrogen-bond acceptors (Lipinski definition) is 7. The molecule has 0 unspecified atom stereocenters. The highest BCUT2D eigenvalue weighted by Crippen LogP contribution is 2.30. The molecule has 0 spiro atoms. The minimum absolute atomic E-state index is 0.128. The molecule has 220 valence electrons. The number of nitrogen functional groups attached to an aromatic ring is 1. The van der Waals surface area contributed by atoms with Gasteiger partial charge < -0.3 is 15.3 Å². The molecule has 4 N–H and O–H groups in total. The van der Waals surface area contributed by atoms with E-state index in [0.717, 1.165) is 23.0 Å². The van der Waals surface area contributed by atoms with Crippen LogP contribution in [0.2, 0.25) is 0 Å². The van der Waals surface area contributed by atoms with Gasteiger partial charge in [-0.05, 0) is 49.4 Å². The Morgan fingerprint density at radius 3 is 2.33 bits per heavy atom. The van der Waals surface area contributed by atoms with Crippen molar-refractivity contribution in [1.82, 2.24) is 28.7 Å². The fraction of sp³-hybridized carbons (Fsp3) is 0.286. The number of H-pyrrole nitrogens is 1. The highest BCUT2D eigenvalue weighted by Gasteiger charge is 2.26. The smallest absolute Gasteiger partial charge is 0.333 e. The molecule has 0 bridgehead atoms. The van der Waals surface area contributed by atoms with E-state index in [1.807, 2.05) is 24.3 Å². The van der Waals surface area contributed by atoms with Gasteiger partial charge in [0.1, 0.15) is 23.0 Å². The third-order valence-corrected chi connectivity index (χ3v) is 7.76. The number of anilines is 1. The second-order valence-corrected chi connectivity index (χ2v) is 11.7. The van der Waals surface area contributed by atoms with Crippen molar-refractivity contribution in [1.29, 1.82) is 0 Å². The van der Waals surface area contributed by atoms with E-state index < -0.39 is 27.2 Å². The number of benzene rings is 2. The number of imidazole rings is 2. The Kier molecular flexibility index (Phi) is 7.84. The Balaban J connectivity index is 0.000000271. The molecule has 1 aliphatic carbocycles. The van der Waals surface area contributed by atoms with E-state index in [4.69, 9.17) is 10.3 Å². The molecule has 1 saturated carbocycles. The van der Waals surface area contributed by atoms with Gasteiger partial charge in [-0.2, -0.15) is 8.42 Å². The first kappa shape index (κ1) is 29.0. The number of hydrogen-bond donors (Lipinski definition) is 3. The topological polar surface area (TPSA) is 171 Å². The number of aromatic nitrogens is 6. The number of aromatic amines is 1. The average Bonchev–Trinajstić information content (AvgIpc) is 3.56. The van der Waals surface area contributed by atoms with E-state index in [0.29, 0.717) is 47.4 Å². The Labute approximate surface area is 240 Å². The van der Waals surface area contributed by atoms with Crippen LogP contribution in [0, 0.1) is 18.7 Å². The second-order valence-electron chi connectivity index (χ2n) is 10.3. The maximum absolute atomic E-state index is 14.2. The van der Waals surface area contributed by atoms with Crippen LogP contribution in [0.25, 0.3) is 11.2 Å². The molecular weight excluding hydrogens is 565 g/mol. The standard InChI is InChI=1S/C23H22FN5O2.C5H8N2O3S/c24-18-4-2-1-3-16(18)13-29-22(30)20-21(28(23(29)31)12-15-5-6-15)27-19(26-20)11-14-7-9-17(25)10-8-14;1-4-6-5(3-7(4)2)11(8,9)10/h1-4,7-10,15H,5-6,11-13,25H2,(H,26,27);3H,1-2H3,(H,8,9,10). The van der Waals surface area contributed by atoms with Crippen molar-refractivity contribution in [2.24, 2.45) is 13.0 Å². The third kappa shape index (κ3) is 6.34. The lowest BCUT2D eigenvalue weighted by atomic mass is 10.1. The summed E-state index contributed by atoms with van der Waals surface area (Å²) in [5, 5.41) is -0.308. The summed E-state index contributed by atoms with van der Waals surface area (Å²) in [6.07, 6.45) is 3.82. The van der Waals surface area contributed by atoms with Crippen LogP contribution in [0.5, 0.6) is 0 Å². The van der Waals surface area contributed by atoms with E-state index in [9.17, 15) is 22.4 Å². The van der Waals surface area contributed by atoms with Gasteiger partial charge in [-0.25, -0.2) is 19.2 Å². The zero-order chi connectivity index (χ0) is 30.2. The quantitative estimate of drug-likeness (QED) is 0.190. The molecule has 42 heavy (non-hydrogen) atoms. The van der Waals surface area contributed by atoms with Crippen LogP contribution in [0.15, 0.2) is 69.3 Å². The molecule has 5 aromatic rings. The van der Waals surface area contributed by atoms with Crippen molar-refractivity contribution in [2.75, 3.05) is 5.73 Å². The molecule has 3 aromatic heterocycles. The van der Waals surface area contributed by atoms with Gasteiger partial charge in [0.25, 0.3) is 5.56 Å². The highest BCUT2D eigenvalue weighted by atomic mass is 32.2. The van der Waals surface area contributed by atoms with E-state index in [2.05, 4.69) is 15.0 Å². The maximum atomic E-state index is 14.2. The summed E-state index contributed by atoms with van der Waals surface area (Å²) >= 11 is 0. The summed E-state index contributed by atoms with van der Waals surface area (Å²) in [6, 6.07) is 13.6. The molecule has 0 saturated heterocycles. The van der Waals surface area contributed by atoms with Crippen molar-refractivity contribution < 1.29 is 17.4 Å². The van der Waals surface area contributed by atoms with Gasteiger partial charge in [0.05, 0.1) is 6.54 Å². The van der Waals surface area contributed by atoms with Gasteiger partial charge in [0.15, 0.2) is 5.65 Å². The first-order chi connectivity index (χ1) is 19.9. The number of aryl methyl sites for hydroxylation is 2.